The van der Waals surface area contributed by atoms with Crippen molar-refractivity contribution < 1.29 is 37.0 Å². The lowest BCUT2D eigenvalue weighted by Gasteiger charge is -2.32. The fourth-order valence-electron chi connectivity index (χ4n) is 7.14. The van der Waals surface area contributed by atoms with Gasteiger partial charge in [-0.1, -0.05) is 61.0 Å². The van der Waals surface area contributed by atoms with Crippen molar-refractivity contribution in [1.29, 1.82) is 0 Å². The van der Waals surface area contributed by atoms with E-state index in [9.17, 15) is 22.8 Å². The minimum Gasteiger partial charge on any atom is -0.497 e. The molecule has 0 bridgehead atoms. The molecular weight excluding hydrogens is 713 g/mol. The van der Waals surface area contributed by atoms with Gasteiger partial charge in [-0.25, -0.2) is 13.2 Å². The van der Waals surface area contributed by atoms with E-state index in [4.69, 9.17) is 14.2 Å². The van der Waals surface area contributed by atoms with Gasteiger partial charge < -0.3 is 29.3 Å². The molecule has 15 heteroatoms. The third-order valence-corrected chi connectivity index (χ3v) is 12.3. The smallest absolute Gasteiger partial charge is 0.321 e. The van der Waals surface area contributed by atoms with Crippen molar-refractivity contribution in [3.8, 4) is 28.9 Å². The topological polar surface area (TPSA) is 169 Å². The molecule has 3 fully saturated rings. The number of rotatable bonds is 10. The zero-order valence-electron chi connectivity index (χ0n) is 30.5. The van der Waals surface area contributed by atoms with Crippen LogP contribution in [0, 0.1) is 5.92 Å². The second-order valence-corrected chi connectivity index (χ2v) is 16.3. The van der Waals surface area contributed by atoms with Gasteiger partial charge in [0.05, 0.1) is 32.1 Å². The summed E-state index contributed by atoms with van der Waals surface area (Å²) in [6.45, 7) is 0.820. The van der Waals surface area contributed by atoms with Crippen LogP contribution in [0.3, 0.4) is 0 Å². The van der Waals surface area contributed by atoms with Gasteiger partial charge in [-0.15, -0.1) is 0 Å². The van der Waals surface area contributed by atoms with Crippen LogP contribution in [0.1, 0.15) is 56.9 Å². The maximum atomic E-state index is 14.6. The van der Waals surface area contributed by atoms with Crippen LogP contribution in [-0.4, -0.2) is 96.3 Å². The van der Waals surface area contributed by atoms with Gasteiger partial charge in [-0.3, -0.25) is 14.3 Å². The standard InChI is InChI=1S/C39H46N6O8S/c1-51-29-16-14-26(15-17-29)24-44-20-10-5-3-4-9-13-28-23-39(28,37(47)43-54(49,50)31-18-19-31)42-36(46)32-21-30(25-45(32)38(44)48)53-34-22-33(52-2)40-35(41-34)27-11-7-6-8-12-27/h6-9,11-17,22,28,30-32H,3-5,10,18-21,23-25H2,1-2H3,(H,42,46)(H,43,47)/t28-,30-,32+,39-/m1/s1. The molecule has 3 heterocycles. The molecule has 2 aliphatic heterocycles. The third-order valence-electron chi connectivity index (χ3n) is 10.5. The first kappa shape index (κ1) is 37.1. The number of carbonyl (C=O) groups is 3. The Morgan fingerprint density at radius 3 is 2.46 bits per heavy atom. The highest BCUT2D eigenvalue weighted by Gasteiger charge is 2.62. The minimum atomic E-state index is -3.87. The van der Waals surface area contributed by atoms with Gasteiger partial charge >= 0.3 is 6.03 Å². The number of sulfonamides is 1. The van der Waals surface area contributed by atoms with Crippen molar-refractivity contribution in [2.75, 3.05) is 27.3 Å². The van der Waals surface area contributed by atoms with E-state index in [2.05, 4.69) is 20.0 Å². The first-order chi connectivity index (χ1) is 26.1. The second kappa shape index (κ2) is 15.7. The molecule has 1 aromatic heterocycles. The highest BCUT2D eigenvalue weighted by atomic mass is 32.2. The Kier molecular flexibility index (Phi) is 10.8. The van der Waals surface area contributed by atoms with Crippen LogP contribution in [0.5, 0.6) is 17.5 Å². The molecule has 1 saturated heterocycles. The summed E-state index contributed by atoms with van der Waals surface area (Å²) in [6.07, 6.45) is 7.78. The van der Waals surface area contributed by atoms with Crippen molar-refractivity contribution in [2.45, 2.75) is 80.8 Å². The van der Waals surface area contributed by atoms with Gasteiger partial charge in [0.25, 0.3) is 5.91 Å². The summed E-state index contributed by atoms with van der Waals surface area (Å²) in [5, 5.41) is 2.32. The predicted octanol–water partition coefficient (Wildman–Crippen LogP) is 4.22. The van der Waals surface area contributed by atoms with Gasteiger partial charge in [-0.2, -0.15) is 9.97 Å². The number of fused-ring (bicyclic) bond motifs is 2. The Bertz CT molecular complexity index is 1990. The monoisotopic (exact) mass is 758 g/mol. The van der Waals surface area contributed by atoms with Gasteiger partial charge in [0, 0.05) is 31.0 Å². The molecule has 2 aliphatic carbocycles. The molecule has 2 N–H and O–H groups in total. The molecule has 0 radical (unpaired) electrons. The molecule has 54 heavy (non-hydrogen) atoms. The molecule has 286 valence electrons. The van der Waals surface area contributed by atoms with Crippen LogP contribution in [-0.2, 0) is 26.2 Å². The number of carbonyl (C=O) groups excluding carboxylic acids is 3. The summed E-state index contributed by atoms with van der Waals surface area (Å²) in [5.41, 5.74) is 0.189. The Hall–Kier alpha value is -5.18. The molecule has 14 nitrogen and oxygen atoms in total. The van der Waals surface area contributed by atoms with Gasteiger partial charge in [0.1, 0.15) is 23.4 Å². The quantitative estimate of drug-likeness (QED) is 0.286. The van der Waals surface area contributed by atoms with Gasteiger partial charge in [0.15, 0.2) is 5.82 Å². The molecule has 0 spiro atoms. The van der Waals surface area contributed by atoms with Gasteiger partial charge in [0.2, 0.25) is 27.7 Å². The van der Waals surface area contributed by atoms with E-state index in [1.165, 1.54) is 12.0 Å². The Morgan fingerprint density at radius 1 is 0.981 bits per heavy atom. The van der Waals surface area contributed by atoms with Crippen molar-refractivity contribution >= 4 is 27.9 Å². The number of methoxy groups -OCH3 is 2. The number of amides is 4. The molecule has 4 amide bonds. The van der Waals surface area contributed by atoms with Crippen molar-refractivity contribution in [3.63, 3.8) is 0 Å². The van der Waals surface area contributed by atoms with E-state index < -0.39 is 50.7 Å². The Morgan fingerprint density at radius 2 is 1.74 bits per heavy atom. The third kappa shape index (κ3) is 8.30. The van der Waals surface area contributed by atoms with Crippen molar-refractivity contribution in [1.82, 2.24) is 29.8 Å². The fourth-order valence-corrected chi connectivity index (χ4v) is 8.51. The van der Waals surface area contributed by atoms with Crippen LogP contribution >= 0.6 is 0 Å². The van der Waals surface area contributed by atoms with E-state index in [-0.39, 0.29) is 37.2 Å². The number of aromatic nitrogens is 2. The van der Waals surface area contributed by atoms with Crippen LogP contribution < -0.4 is 24.2 Å². The number of nitrogens with zero attached hydrogens (tertiary/aromatic N) is 4. The first-order valence-electron chi connectivity index (χ1n) is 18.5. The maximum absolute atomic E-state index is 14.6. The molecule has 3 aromatic rings. The molecule has 7 rings (SSSR count). The molecule has 4 atom stereocenters. The van der Waals surface area contributed by atoms with Gasteiger partial charge in [-0.05, 0) is 56.2 Å². The normalized spacial score (nSPS) is 24.7. The lowest BCUT2D eigenvalue weighted by molar-refractivity contribution is -0.131. The van der Waals surface area contributed by atoms with Crippen LogP contribution in [0.25, 0.3) is 11.4 Å². The largest absolute Gasteiger partial charge is 0.497 e. The highest BCUT2D eigenvalue weighted by Crippen LogP contribution is 2.46. The first-order valence-corrected chi connectivity index (χ1v) is 20.0. The minimum absolute atomic E-state index is 0.0572. The molecular formula is C39H46N6O8S. The Balaban J connectivity index is 1.19. The number of allylic oxidation sites excluding steroid dienone is 1. The van der Waals surface area contributed by atoms with E-state index in [1.54, 1.807) is 18.1 Å². The molecule has 2 aromatic carbocycles. The van der Waals surface area contributed by atoms with E-state index in [0.29, 0.717) is 37.5 Å². The average Bonchev–Trinajstić information content (AvgIpc) is 4.11. The molecule has 2 saturated carbocycles. The number of hydrogen-bond acceptors (Lipinski definition) is 10. The SMILES string of the molecule is COc1ccc(CN2CCCCCC=C[C@@H]3C[C@@]3(C(=O)NS(=O)(=O)C3CC3)NC(=O)[C@@H]3C[C@@H](Oc4cc(OC)nc(-c5ccccc5)n4)CN3C2=O)cc1. The van der Waals surface area contributed by atoms with Crippen LogP contribution in [0.15, 0.2) is 72.8 Å². The average molecular weight is 759 g/mol. The molecule has 4 aliphatic rings. The number of hydrogen-bond donors (Lipinski definition) is 2. The number of benzene rings is 2. The predicted molar refractivity (Wildman–Crippen MR) is 199 cm³/mol. The summed E-state index contributed by atoms with van der Waals surface area (Å²) in [4.78, 5) is 55.1. The van der Waals surface area contributed by atoms with Crippen molar-refractivity contribution in [2.24, 2.45) is 5.92 Å². The van der Waals surface area contributed by atoms with Crippen molar-refractivity contribution in [3.05, 3.63) is 78.4 Å². The highest BCUT2D eigenvalue weighted by molar-refractivity contribution is 7.91. The number of urea groups is 1. The number of nitrogens with one attached hydrogen (secondary N) is 2. The lowest BCUT2D eigenvalue weighted by Crippen LogP contribution is -2.57. The maximum Gasteiger partial charge on any atom is 0.321 e. The van der Waals surface area contributed by atoms with E-state index in [1.807, 2.05) is 66.7 Å². The zero-order chi connectivity index (χ0) is 37.9. The fraction of sp³-hybridized carbons (Fsp3) is 0.462. The van der Waals surface area contributed by atoms with Crippen LogP contribution in [0.4, 0.5) is 4.79 Å². The lowest BCUT2D eigenvalue weighted by atomic mass is 10.1. The summed E-state index contributed by atoms with van der Waals surface area (Å²) in [7, 11) is -0.776. The van der Waals surface area contributed by atoms with Crippen LogP contribution in [0.2, 0.25) is 0 Å². The second-order valence-electron chi connectivity index (χ2n) is 14.4. The van der Waals surface area contributed by atoms with E-state index >= 15 is 0 Å². The zero-order valence-corrected chi connectivity index (χ0v) is 31.3. The summed E-state index contributed by atoms with van der Waals surface area (Å²) in [5.74, 6) is -0.126. The summed E-state index contributed by atoms with van der Waals surface area (Å²) in [6, 6.07) is 17.0. The molecule has 0 unspecified atom stereocenters. The van der Waals surface area contributed by atoms with E-state index in [0.717, 1.165) is 36.8 Å². The number of ether oxygens (including phenoxy) is 3. The Labute approximate surface area is 315 Å². The summed E-state index contributed by atoms with van der Waals surface area (Å²) < 4.78 is 45.1. The summed E-state index contributed by atoms with van der Waals surface area (Å²) >= 11 is 0.